The van der Waals surface area contributed by atoms with Gasteiger partial charge in [-0.3, -0.25) is 0 Å². The van der Waals surface area contributed by atoms with Crippen molar-refractivity contribution in [1.29, 1.82) is 0 Å². The second-order valence-electron chi connectivity index (χ2n) is 4.85. The molecule has 0 spiro atoms. The van der Waals surface area contributed by atoms with E-state index in [0.717, 1.165) is 17.6 Å². The van der Waals surface area contributed by atoms with Gasteiger partial charge in [0, 0.05) is 5.57 Å². The Morgan fingerprint density at radius 1 is 0.952 bits per heavy atom. The van der Waals surface area contributed by atoms with Crippen LogP contribution in [0.4, 0.5) is 0 Å². The highest BCUT2D eigenvalue weighted by Crippen LogP contribution is 2.24. The first-order chi connectivity index (χ1) is 10.2. The molecule has 0 aliphatic carbocycles. The number of hydrogen-bond acceptors (Lipinski definition) is 2. The molecule has 0 amide bonds. The van der Waals surface area contributed by atoms with E-state index in [0.29, 0.717) is 12.2 Å². The van der Waals surface area contributed by atoms with Crippen molar-refractivity contribution in [2.75, 3.05) is 6.61 Å². The summed E-state index contributed by atoms with van der Waals surface area (Å²) < 4.78 is 5.15. The van der Waals surface area contributed by atoms with Crippen LogP contribution in [0.15, 0.2) is 66.2 Å². The molecule has 2 nitrogen and oxygen atoms in total. The molecule has 21 heavy (non-hydrogen) atoms. The number of hydrogen-bond donors (Lipinski definition) is 0. The van der Waals surface area contributed by atoms with E-state index in [4.69, 9.17) is 4.74 Å². The smallest absolute Gasteiger partial charge is 0.334 e. The molecule has 0 fully saturated rings. The van der Waals surface area contributed by atoms with Gasteiger partial charge in [-0.25, -0.2) is 4.79 Å². The minimum Gasteiger partial charge on any atom is -0.463 e. The third kappa shape index (κ3) is 4.06. The molecule has 0 atom stereocenters. The average Bonchev–Trinajstić information content (AvgIpc) is 2.54. The Labute approximate surface area is 126 Å². The largest absolute Gasteiger partial charge is 0.463 e. The molecule has 0 saturated heterocycles. The second kappa shape index (κ2) is 7.44. The van der Waals surface area contributed by atoms with Gasteiger partial charge in [0.2, 0.25) is 0 Å². The summed E-state index contributed by atoms with van der Waals surface area (Å²) >= 11 is 0. The number of rotatable bonds is 5. The summed E-state index contributed by atoms with van der Waals surface area (Å²) in [5, 5.41) is 0. The number of esters is 1. The number of carbonyl (C=O) groups is 1. The van der Waals surface area contributed by atoms with Gasteiger partial charge in [0.1, 0.15) is 0 Å². The predicted molar refractivity (Wildman–Crippen MR) is 85.8 cm³/mol. The fourth-order valence-corrected chi connectivity index (χ4v) is 2.25. The lowest BCUT2D eigenvalue weighted by atomic mass is 9.94. The van der Waals surface area contributed by atoms with E-state index >= 15 is 0 Å². The van der Waals surface area contributed by atoms with Gasteiger partial charge in [-0.05, 0) is 37.0 Å². The second-order valence-corrected chi connectivity index (χ2v) is 4.85. The first-order valence-corrected chi connectivity index (χ1v) is 7.18. The minimum absolute atomic E-state index is 0.243. The molecule has 0 aromatic heterocycles. The number of benzene rings is 2. The van der Waals surface area contributed by atoms with Crippen LogP contribution in [-0.4, -0.2) is 12.6 Å². The van der Waals surface area contributed by atoms with Crippen LogP contribution in [0.5, 0.6) is 0 Å². The van der Waals surface area contributed by atoms with Gasteiger partial charge in [-0.2, -0.15) is 0 Å². The maximum atomic E-state index is 12.1. The van der Waals surface area contributed by atoms with Crippen LogP contribution >= 0.6 is 0 Å². The molecule has 0 aliphatic heterocycles. The molecule has 0 N–H and O–H groups in total. The lowest BCUT2D eigenvalue weighted by molar-refractivity contribution is -0.138. The Bertz CT molecular complexity index is 613. The van der Waals surface area contributed by atoms with E-state index in [-0.39, 0.29) is 5.97 Å². The van der Waals surface area contributed by atoms with Gasteiger partial charge in [-0.1, -0.05) is 60.7 Å². The average molecular weight is 280 g/mol. The van der Waals surface area contributed by atoms with Gasteiger partial charge < -0.3 is 4.74 Å². The molecule has 0 saturated carbocycles. The van der Waals surface area contributed by atoms with Gasteiger partial charge >= 0.3 is 5.97 Å². The van der Waals surface area contributed by atoms with Crippen molar-refractivity contribution in [2.45, 2.75) is 20.3 Å². The van der Waals surface area contributed by atoms with Crippen LogP contribution in [0, 0.1) is 0 Å². The third-order valence-electron chi connectivity index (χ3n) is 3.38. The maximum absolute atomic E-state index is 12.1. The highest BCUT2D eigenvalue weighted by atomic mass is 16.5. The number of carbonyl (C=O) groups excluding carboxylic acids is 1. The molecule has 0 radical (unpaired) electrons. The Morgan fingerprint density at radius 2 is 1.52 bits per heavy atom. The van der Waals surface area contributed by atoms with Crippen LogP contribution in [0.1, 0.15) is 25.0 Å². The summed E-state index contributed by atoms with van der Waals surface area (Å²) in [6, 6.07) is 20.2. The molecule has 2 rings (SSSR count). The molecule has 108 valence electrons. The quantitative estimate of drug-likeness (QED) is 0.604. The van der Waals surface area contributed by atoms with Crippen molar-refractivity contribution < 1.29 is 9.53 Å². The summed E-state index contributed by atoms with van der Waals surface area (Å²) in [6.45, 7) is 4.05. The first kappa shape index (κ1) is 15.0. The van der Waals surface area contributed by atoms with Crippen LogP contribution in [0.3, 0.4) is 0 Å². The van der Waals surface area contributed by atoms with E-state index in [9.17, 15) is 4.79 Å². The first-order valence-electron chi connectivity index (χ1n) is 7.18. The lowest BCUT2D eigenvalue weighted by Gasteiger charge is -2.12. The van der Waals surface area contributed by atoms with Crippen molar-refractivity contribution in [1.82, 2.24) is 0 Å². The third-order valence-corrected chi connectivity index (χ3v) is 3.38. The Kier molecular flexibility index (Phi) is 5.33. The fourth-order valence-electron chi connectivity index (χ4n) is 2.25. The maximum Gasteiger partial charge on any atom is 0.334 e. The molecule has 0 unspecified atom stereocenters. The summed E-state index contributed by atoms with van der Waals surface area (Å²) in [5.41, 5.74) is 3.93. The molecule has 0 aliphatic rings. The predicted octanol–water partition coefficient (Wildman–Crippen LogP) is 4.27. The SMILES string of the molecule is CCOC(=O)/C(C)=C(/Cc1ccccc1)c1ccccc1. The zero-order chi connectivity index (χ0) is 15.1. The zero-order valence-corrected chi connectivity index (χ0v) is 12.5. The lowest BCUT2D eigenvalue weighted by Crippen LogP contribution is -2.08. The molecule has 2 aromatic carbocycles. The van der Waals surface area contributed by atoms with Crippen LogP contribution in [-0.2, 0) is 16.0 Å². The van der Waals surface area contributed by atoms with Crippen molar-refractivity contribution >= 4 is 11.5 Å². The molecule has 2 heteroatoms. The molecular formula is C19H20O2. The standard InChI is InChI=1S/C19H20O2/c1-3-21-19(20)15(2)18(17-12-8-5-9-13-17)14-16-10-6-4-7-11-16/h4-13H,3,14H2,1-2H3/b18-15-. The normalized spacial score (nSPS) is 11.7. The van der Waals surface area contributed by atoms with Crippen molar-refractivity contribution in [3.63, 3.8) is 0 Å². The van der Waals surface area contributed by atoms with E-state index in [1.54, 1.807) is 0 Å². The van der Waals surface area contributed by atoms with Crippen LogP contribution in [0.25, 0.3) is 5.57 Å². The van der Waals surface area contributed by atoms with Gasteiger partial charge in [-0.15, -0.1) is 0 Å². The molecule has 0 heterocycles. The van der Waals surface area contributed by atoms with Crippen LogP contribution < -0.4 is 0 Å². The Morgan fingerprint density at radius 3 is 2.10 bits per heavy atom. The van der Waals surface area contributed by atoms with Gasteiger partial charge in [0.05, 0.1) is 6.61 Å². The zero-order valence-electron chi connectivity index (χ0n) is 12.5. The van der Waals surface area contributed by atoms with E-state index in [2.05, 4.69) is 12.1 Å². The number of ether oxygens (including phenoxy) is 1. The summed E-state index contributed by atoms with van der Waals surface area (Å²) in [7, 11) is 0. The number of allylic oxidation sites excluding steroid dienone is 1. The van der Waals surface area contributed by atoms with Crippen LogP contribution in [0.2, 0.25) is 0 Å². The molecular weight excluding hydrogens is 260 g/mol. The Hall–Kier alpha value is -2.35. The summed E-state index contributed by atoms with van der Waals surface area (Å²) in [6.07, 6.45) is 0.718. The molecule has 0 bridgehead atoms. The van der Waals surface area contributed by atoms with E-state index < -0.39 is 0 Å². The van der Waals surface area contributed by atoms with Gasteiger partial charge in [0.25, 0.3) is 0 Å². The monoisotopic (exact) mass is 280 g/mol. The summed E-state index contributed by atoms with van der Waals surface area (Å²) in [4.78, 5) is 12.1. The van der Waals surface area contributed by atoms with Crippen molar-refractivity contribution in [3.05, 3.63) is 77.4 Å². The van der Waals surface area contributed by atoms with Gasteiger partial charge in [0.15, 0.2) is 0 Å². The highest BCUT2D eigenvalue weighted by Gasteiger charge is 2.14. The Balaban J connectivity index is 2.40. The topological polar surface area (TPSA) is 26.3 Å². The van der Waals surface area contributed by atoms with Crippen molar-refractivity contribution in [3.8, 4) is 0 Å². The van der Waals surface area contributed by atoms with E-state index in [1.165, 1.54) is 5.56 Å². The highest BCUT2D eigenvalue weighted by molar-refractivity contribution is 5.97. The molecule has 2 aromatic rings. The van der Waals surface area contributed by atoms with E-state index in [1.807, 2.05) is 62.4 Å². The summed E-state index contributed by atoms with van der Waals surface area (Å²) in [5.74, 6) is -0.243. The minimum atomic E-state index is -0.243. The fraction of sp³-hybridized carbons (Fsp3) is 0.211. The van der Waals surface area contributed by atoms with Crippen molar-refractivity contribution in [2.24, 2.45) is 0 Å².